The standard InChI is InChI=1S/C9H21O3P/c1-7(2)10-13(11-8(3)4)12-9(5)6/h7-9H,1-6H3/i1D3,2D3,3D3,4D3,5D3,6D3,7D,8D,9D. The van der Waals surface area contributed by atoms with Crippen molar-refractivity contribution >= 4 is 8.60 Å². The normalized spacial score (nSPS) is 44.5. The minimum absolute atomic E-state index is 3.96. The van der Waals surface area contributed by atoms with Crippen molar-refractivity contribution in [1.29, 1.82) is 0 Å². The molecule has 0 aliphatic rings. The first-order chi connectivity index (χ1) is 14.3. The van der Waals surface area contributed by atoms with Gasteiger partial charge in [-0.3, -0.25) is 0 Å². The third-order valence-corrected chi connectivity index (χ3v) is 1.49. The van der Waals surface area contributed by atoms with E-state index in [-0.39, 0.29) is 0 Å². The summed E-state index contributed by atoms with van der Waals surface area (Å²) in [6, 6.07) is 0. The van der Waals surface area contributed by atoms with Crippen LogP contribution in [0.15, 0.2) is 0 Å². The van der Waals surface area contributed by atoms with Crippen LogP contribution in [0.1, 0.15) is 69.9 Å². The van der Waals surface area contributed by atoms with Gasteiger partial charge in [0, 0.05) is 24.7 Å². The van der Waals surface area contributed by atoms with Crippen molar-refractivity contribution in [2.24, 2.45) is 0 Å². The van der Waals surface area contributed by atoms with Gasteiger partial charge in [0.05, 0.1) is 22.4 Å². The largest absolute Gasteiger partial charge is 0.333 e. The van der Waals surface area contributed by atoms with Gasteiger partial charge in [0.2, 0.25) is 0 Å². The van der Waals surface area contributed by atoms with E-state index in [1.165, 1.54) is 0 Å². The number of rotatable bonds is 6. The zero-order valence-corrected chi connectivity index (χ0v) is 7.07. The molecule has 0 aliphatic carbocycles. The lowest BCUT2D eigenvalue weighted by Gasteiger charge is -2.22. The second-order valence-corrected chi connectivity index (χ2v) is 2.48. The molecule has 0 spiro atoms. The van der Waals surface area contributed by atoms with Gasteiger partial charge in [-0.15, -0.1) is 0 Å². The molecule has 0 aromatic heterocycles. The Hall–Kier alpha value is 0.310. The van der Waals surface area contributed by atoms with Crippen LogP contribution in [0.3, 0.4) is 0 Å². The maximum atomic E-state index is 7.82. The van der Waals surface area contributed by atoms with Crippen LogP contribution in [0.2, 0.25) is 0 Å². The van der Waals surface area contributed by atoms with E-state index in [2.05, 4.69) is 13.6 Å². The number of hydrogen-bond acceptors (Lipinski definition) is 3. The van der Waals surface area contributed by atoms with Gasteiger partial charge in [0.1, 0.15) is 0 Å². The molecule has 0 saturated carbocycles. The summed E-state index contributed by atoms with van der Waals surface area (Å²) < 4.78 is 168. The van der Waals surface area contributed by atoms with Crippen molar-refractivity contribution in [3.8, 4) is 0 Å². The van der Waals surface area contributed by atoms with Gasteiger partial charge in [-0.1, -0.05) is 0 Å². The Kier molecular flexibility index (Phi) is 0.939. The Labute approximate surface area is 112 Å². The lowest BCUT2D eigenvalue weighted by atomic mass is 10.5. The topological polar surface area (TPSA) is 27.7 Å². The molecule has 0 heterocycles. The Morgan fingerprint density at radius 2 is 1.15 bits per heavy atom. The Bertz CT molecular complexity index is 556. The van der Waals surface area contributed by atoms with Crippen LogP contribution in [-0.2, 0) is 13.6 Å². The first-order valence-electron chi connectivity index (χ1n) is 13.2. The van der Waals surface area contributed by atoms with Gasteiger partial charge < -0.3 is 13.6 Å². The summed E-state index contributed by atoms with van der Waals surface area (Å²) in [5.41, 5.74) is 0. The molecule has 4 heteroatoms. The second kappa shape index (κ2) is 6.72. The van der Waals surface area contributed by atoms with Crippen LogP contribution < -0.4 is 0 Å². The molecule has 13 heavy (non-hydrogen) atoms. The molecule has 0 radical (unpaired) electrons. The van der Waals surface area contributed by atoms with Crippen LogP contribution in [0.5, 0.6) is 0 Å². The van der Waals surface area contributed by atoms with E-state index in [4.69, 9.17) is 28.8 Å². The van der Waals surface area contributed by atoms with Crippen LogP contribution in [-0.4, -0.2) is 18.2 Å². The van der Waals surface area contributed by atoms with Crippen molar-refractivity contribution in [1.82, 2.24) is 0 Å². The second-order valence-electron chi connectivity index (χ2n) is 1.48. The molecule has 0 aromatic rings. The summed E-state index contributed by atoms with van der Waals surface area (Å²) in [6.45, 7) is -23.7. The van der Waals surface area contributed by atoms with E-state index >= 15 is 0 Å². The van der Waals surface area contributed by atoms with Gasteiger partial charge in [-0.05, 0) is 41.1 Å². The molecule has 3 nitrogen and oxygen atoms in total. The van der Waals surface area contributed by atoms with Gasteiger partial charge in [0.15, 0.2) is 0 Å². The average molecular weight is 229 g/mol. The molecule has 0 unspecified atom stereocenters. The molecule has 80 valence electrons. The van der Waals surface area contributed by atoms with Crippen molar-refractivity contribution in [2.45, 2.75) is 59.4 Å². The Morgan fingerprint density at radius 3 is 1.38 bits per heavy atom. The lowest BCUT2D eigenvalue weighted by Crippen LogP contribution is -2.09. The molecule has 0 aromatic carbocycles. The highest BCUT2D eigenvalue weighted by Gasteiger charge is 2.17. The smallest absolute Gasteiger partial charge is 0.309 e. The summed E-state index contributed by atoms with van der Waals surface area (Å²) in [5, 5.41) is 0. The van der Waals surface area contributed by atoms with Gasteiger partial charge in [-0.25, -0.2) is 0 Å². The zero-order chi connectivity index (χ0) is 28.2. The molecule has 0 fully saturated rings. The highest BCUT2D eigenvalue weighted by atomic mass is 31.2. The molecule has 0 amide bonds. The van der Waals surface area contributed by atoms with E-state index in [0.717, 1.165) is 0 Å². The Balaban J connectivity index is 7.06. The highest BCUT2D eigenvalue weighted by molar-refractivity contribution is 7.41. The first kappa shape index (κ1) is 1.82. The Morgan fingerprint density at radius 1 is 0.846 bits per heavy atom. The molecule has 0 saturated heterocycles. The molecular formula is C9H21O3P. The first-order valence-corrected chi connectivity index (χ1v) is 3.76. The molecule has 0 rings (SSSR count). The molecule has 0 aliphatic heterocycles. The fraction of sp³-hybridized carbons (Fsp3) is 1.00. The van der Waals surface area contributed by atoms with Crippen LogP contribution in [0.4, 0.5) is 0 Å². The third kappa shape index (κ3) is 8.63. The quantitative estimate of drug-likeness (QED) is 0.653. The van der Waals surface area contributed by atoms with Crippen LogP contribution >= 0.6 is 8.60 Å². The van der Waals surface area contributed by atoms with Crippen LogP contribution in [0.25, 0.3) is 0 Å². The fourth-order valence-corrected chi connectivity index (χ4v) is 0.839. The van der Waals surface area contributed by atoms with E-state index < -0.39 is 68.0 Å². The molecular weight excluding hydrogens is 187 g/mol. The minimum atomic E-state index is -4.43. The summed E-state index contributed by atoms with van der Waals surface area (Å²) >= 11 is 0. The van der Waals surface area contributed by atoms with Crippen molar-refractivity contribution in [3.05, 3.63) is 0 Å². The maximum absolute atomic E-state index is 7.82. The van der Waals surface area contributed by atoms with E-state index in [1.54, 1.807) is 0 Å². The van der Waals surface area contributed by atoms with E-state index in [0.29, 0.717) is 0 Å². The van der Waals surface area contributed by atoms with Crippen molar-refractivity contribution in [2.75, 3.05) is 0 Å². The lowest BCUT2D eigenvalue weighted by molar-refractivity contribution is 0.0945. The van der Waals surface area contributed by atoms with E-state index in [9.17, 15) is 0 Å². The summed E-state index contributed by atoms with van der Waals surface area (Å²) in [7, 11) is -4.43. The SMILES string of the molecule is [2H]C([2H])([2H])C([2H])(OP(OC([2H])(C([2H])([2H])[2H])C([2H])([2H])[2H])OC([2H])(C([2H])([2H])[2H])C([2H])([2H])[2H])C([2H])([2H])[2H]. The molecule has 0 atom stereocenters. The predicted octanol–water partition coefficient (Wildman–Crippen LogP) is 3.49. The fourth-order valence-electron chi connectivity index (χ4n) is 0.280. The monoisotopic (exact) mass is 229 g/mol. The maximum Gasteiger partial charge on any atom is 0.333 e. The van der Waals surface area contributed by atoms with Crippen LogP contribution in [0, 0.1) is 0 Å². The summed E-state index contributed by atoms with van der Waals surface area (Å²) in [6.07, 6.45) is -12.4. The third-order valence-electron chi connectivity index (χ3n) is 0.497. The van der Waals surface area contributed by atoms with Gasteiger partial charge in [0.25, 0.3) is 0 Å². The predicted molar refractivity (Wildman–Crippen MR) is 55.6 cm³/mol. The summed E-state index contributed by atoms with van der Waals surface area (Å²) in [4.78, 5) is 0. The van der Waals surface area contributed by atoms with E-state index in [1.807, 2.05) is 0 Å². The minimum Gasteiger partial charge on any atom is -0.309 e. The van der Waals surface area contributed by atoms with Gasteiger partial charge in [-0.2, -0.15) is 0 Å². The van der Waals surface area contributed by atoms with Crippen molar-refractivity contribution < 1.29 is 42.4 Å². The molecule has 0 N–H and O–H groups in total. The number of hydrogen-bond donors (Lipinski definition) is 0. The summed E-state index contributed by atoms with van der Waals surface area (Å²) in [5.74, 6) is 0. The van der Waals surface area contributed by atoms with Gasteiger partial charge >= 0.3 is 8.60 Å². The average Bonchev–Trinajstić information content (AvgIpc) is 2.47. The molecule has 0 bridgehead atoms. The zero-order valence-electron chi connectivity index (χ0n) is 27.2. The highest BCUT2D eigenvalue weighted by Crippen LogP contribution is 2.43. The van der Waals surface area contributed by atoms with Crippen molar-refractivity contribution in [3.63, 3.8) is 0 Å².